The number of fused-ring (bicyclic) bond motifs is 1. The second-order valence-corrected chi connectivity index (χ2v) is 9.01. The molecule has 1 aromatic carbocycles. The number of phenolic OH excluding ortho intramolecular Hbond substituents is 1. The van der Waals surface area contributed by atoms with Crippen LogP contribution in [-0.4, -0.2) is 47.1 Å². The molecular weight excluding hydrogens is 440 g/mol. The number of para-hydroxylation sites is 1. The molecular formula is C25H32N2O7. The van der Waals surface area contributed by atoms with Gasteiger partial charge in [0.1, 0.15) is 11.9 Å². The van der Waals surface area contributed by atoms with E-state index in [2.05, 4.69) is 10.6 Å². The molecule has 1 aromatic rings. The van der Waals surface area contributed by atoms with Gasteiger partial charge in [-0.05, 0) is 37.8 Å². The Morgan fingerprint density at radius 1 is 1.12 bits per heavy atom. The van der Waals surface area contributed by atoms with Crippen molar-refractivity contribution < 1.29 is 33.8 Å². The SMILES string of the molecule is CCCCC1C(=O)C2CC(NC(=O)c3cccc(NC=O)c3O)C(=O)C2CC1OC(=O)CCC. The molecule has 0 radical (unpaired) electrons. The van der Waals surface area contributed by atoms with E-state index in [1.165, 1.54) is 18.2 Å². The van der Waals surface area contributed by atoms with Crippen LogP contribution < -0.4 is 10.6 Å². The molecule has 2 fully saturated rings. The number of rotatable bonds is 10. The average molecular weight is 473 g/mol. The number of ketones is 2. The third kappa shape index (κ3) is 5.29. The van der Waals surface area contributed by atoms with Crippen LogP contribution in [0.2, 0.25) is 0 Å². The fraction of sp³-hybridized carbons (Fsp3) is 0.560. The van der Waals surface area contributed by atoms with Gasteiger partial charge in [-0.1, -0.05) is 32.8 Å². The fourth-order valence-corrected chi connectivity index (χ4v) is 5.05. The Labute approximate surface area is 198 Å². The van der Waals surface area contributed by atoms with Crippen molar-refractivity contribution in [2.24, 2.45) is 17.8 Å². The Morgan fingerprint density at radius 3 is 2.53 bits per heavy atom. The Hall–Kier alpha value is -3.23. The van der Waals surface area contributed by atoms with Gasteiger partial charge in [0.15, 0.2) is 11.5 Å². The van der Waals surface area contributed by atoms with Crippen LogP contribution in [0.4, 0.5) is 5.69 Å². The monoisotopic (exact) mass is 472 g/mol. The molecule has 3 N–H and O–H groups in total. The first kappa shape index (κ1) is 25.4. The summed E-state index contributed by atoms with van der Waals surface area (Å²) in [5.41, 5.74) is -0.0206. The number of nitrogens with one attached hydrogen (secondary N) is 2. The number of unbranched alkanes of at least 4 members (excludes halogenated alkanes) is 1. The summed E-state index contributed by atoms with van der Waals surface area (Å²) in [6.07, 6.45) is 3.40. The minimum absolute atomic E-state index is 0.0692. The molecule has 3 rings (SSSR count). The van der Waals surface area contributed by atoms with E-state index >= 15 is 0 Å². The molecule has 9 nitrogen and oxygen atoms in total. The van der Waals surface area contributed by atoms with Crippen LogP contribution in [0.1, 0.15) is 69.2 Å². The smallest absolute Gasteiger partial charge is 0.306 e. The summed E-state index contributed by atoms with van der Waals surface area (Å²) in [4.78, 5) is 62.2. The van der Waals surface area contributed by atoms with Gasteiger partial charge in [0, 0.05) is 18.3 Å². The molecule has 0 heterocycles. The van der Waals surface area contributed by atoms with E-state index in [0.29, 0.717) is 19.3 Å². The minimum atomic E-state index is -0.884. The zero-order valence-corrected chi connectivity index (χ0v) is 19.5. The highest BCUT2D eigenvalue weighted by molar-refractivity contribution is 6.04. The normalized spacial score (nSPS) is 26.0. The summed E-state index contributed by atoms with van der Waals surface area (Å²) in [6, 6.07) is 3.42. The van der Waals surface area contributed by atoms with Gasteiger partial charge in [0.2, 0.25) is 6.41 Å². The van der Waals surface area contributed by atoms with Crippen LogP contribution in [0.5, 0.6) is 5.75 Å². The number of hydrogen-bond acceptors (Lipinski definition) is 7. The molecule has 0 spiro atoms. The number of hydrogen-bond donors (Lipinski definition) is 3. The van der Waals surface area contributed by atoms with Crippen molar-refractivity contribution in [2.45, 2.75) is 70.9 Å². The van der Waals surface area contributed by atoms with E-state index < -0.39 is 41.6 Å². The number of amides is 2. The molecule has 5 atom stereocenters. The Balaban J connectivity index is 1.76. The van der Waals surface area contributed by atoms with Gasteiger partial charge in [0.25, 0.3) is 5.91 Å². The van der Waals surface area contributed by atoms with Gasteiger partial charge < -0.3 is 20.5 Å². The average Bonchev–Trinajstić information content (AvgIpc) is 3.10. The highest BCUT2D eigenvalue weighted by Crippen LogP contribution is 2.43. The maximum atomic E-state index is 13.3. The predicted octanol–water partition coefficient (Wildman–Crippen LogP) is 2.76. The third-order valence-electron chi connectivity index (χ3n) is 6.76. The molecule has 2 saturated carbocycles. The van der Waals surface area contributed by atoms with Gasteiger partial charge in [0.05, 0.1) is 23.2 Å². The van der Waals surface area contributed by atoms with E-state index in [0.717, 1.165) is 12.8 Å². The second kappa shape index (κ2) is 11.3. The fourth-order valence-electron chi connectivity index (χ4n) is 5.05. The third-order valence-corrected chi connectivity index (χ3v) is 6.76. The molecule has 2 amide bonds. The molecule has 0 saturated heterocycles. The number of benzene rings is 1. The molecule has 184 valence electrons. The summed E-state index contributed by atoms with van der Waals surface area (Å²) < 4.78 is 5.64. The maximum absolute atomic E-state index is 13.3. The second-order valence-electron chi connectivity index (χ2n) is 9.01. The van der Waals surface area contributed by atoms with E-state index in [4.69, 9.17) is 4.74 Å². The van der Waals surface area contributed by atoms with Crippen LogP contribution in [0.3, 0.4) is 0 Å². The van der Waals surface area contributed by atoms with Crippen molar-refractivity contribution >= 4 is 35.5 Å². The lowest BCUT2D eigenvalue weighted by atomic mass is 9.71. The largest absolute Gasteiger partial charge is 0.505 e. The quantitative estimate of drug-likeness (QED) is 0.270. The van der Waals surface area contributed by atoms with E-state index in [-0.39, 0.29) is 48.0 Å². The molecule has 5 unspecified atom stereocenters. The standard InChI is InChI=1S/C25H32N2O7/c1-3-5-8-14-20(34-21(29)7-4-2)12-17-16(22(14)30)11-19(24(17)32)27-25(33)15-9-6-10-18(23(15)31)26-13-28/h6,9-10,13-14,16-17,19-20,31H,3-5,7-8,11-12H2,1-2H3,(H,26,28)(H,27,33). The van der Waals surface area contributed by atoms with Gasteiger partial charge in [-0.3, -0.25) is 24.0 Å². The lowest BCUT2D eigenvalue weighted by Crippen LogP contribution is -2.45. The molecule has 2 aliphatic rings. The van der Waals surface area contributed by atoms with Crippen molar-refractivity contribution in [1.82, 2.24) is 5.32 Å². The van der Waals surface area contributed by atoms with E-state index in [1.807, 2.05) is 13.8 Å². The first-order valence-electron chi connectivity index (χ1n) is 11.9. The lowest BCUT2D eigenvalue weighted by Gasteiger charge is -2.36. The van der Waals surface area contributed by atoms with Gasteiger partial charge >= 0.3 is 5.97 Å². The zero-order chi connectivity index (χ0) is 24.8. The Morgan fingerprint density at radius 2 is 1.85 bits per heavy atom. The predicted molar refractivity (Wildman–Crippen MR) is 123 cm³/mol. The summed E-state index contributed by atoms with van der Waals surface area (Å²) in [5, 5.41) is 15.2. The summed E-state index contributed by atoms with van der Waals surface area (Å²) in [7, 11) is 0. The first-order chi connectivity index (χ1) is 16.3. The molecule has 0 aromatic heterocycles. The molecule has 34 heavy (non-hydrogen) atoms. The number of anilines is 1. The number of carbonyl (C=O) groups excluding carboxylic acids is 5. The molecule has 2 aliphatic carbocycles. The topological polar surface area (TPSA) is 139 Å². The maximum Gasteiger partial charge on any atom is 0.306 e. The molecule has 9 heteroatoms. The summed E-state index contributed by atoms with van der Waals surface area (Å²) in [5.74, 6) is -3.39. The van der Waals surface area contributed by atoms with Gasteiger partial charge in [-0.15, -0.1) is 0 Å². The van der Waals surface area contributed by atoms with Crippen LogP contribution in [-0.2, 0) is 23.9 Å². The number of Topliss-reactive ketones (excluding diaryl/α,β-unsaturated/α-hetero) is 2. The summed E-state index contributed by atoms with van der Waals surface area (Å²) >= 11 is 0. The minimum Gasteiger partial charge on any atom is -0.505 e. The first-order valence-corrected chi connectivity index (χ1v) is 11.9. The molecule has 0 bridgehead atoms. The number of carbonyl (C=O) groups is 5. The zero-order valence-electron chi connectivity index (χ0n) is 19.5. The van der Waals surface area contributed by atoms with Crippen molar-refractivity contribution in [2.75, 3.05) is 5.32 Å². The van der Waals surface area contributed by atoms with Crippen LogP contribution >= 0.6 is 0 Å². The highest BCUT2D eigenvalue weighted by atomic mass is 16.5. The van der Waals surface area contributed by atoms with Crippen LogP contribution in [0.25, 0.3) is 0 Å². The van der Waals surface area contributed by atoms with Crippen molar-refractivity contribution in [3.63, 3.8) is 0 Å². The number of ether oxygens (including phenoxy) is 1. The van der Waals surface area contributed by atoms with Crippen LogP contribution in [0, 0.1) is 17.8 Å². The van der Waals surface area contributed by atoms with Gasteiger partial charge in [-0.25, -0.2) is 0 Å². The van der Waals surface area contributed by atoms with E-state index in [9.17, 15) is 29.1 Å². The number of aromatic hydroxyl groups is 1. The van der Waals surface area contributed by atoms with Gasteiger partial charge in [-0.2, -0.15) is 0 Å². The number of phenols is 1. The van der Waals surface area contributed by atoms with Crippen molar-refractivity contribution in [3.8, 4) is 5.75 Å². The van der Waals surface area contributed by atoms with Crippen LogP contribution in [0.15, 0.2) is 18.2 Å². The van der Waals surface area contributed by atoms with Crippen molar-refractivity contribution in [1.29, 1.82) is 0 Å². The van der Waals surface area contributed by atoms with E-state index in [1.54, 1.807) is 0 Å². The molecule has 0 aliphatic heterocycles. The lowest BCUT2D eigenvalue weighted by molar-refractivity contribution is -0.161. The highest BCUT2D eigenvalue weighted by Gasteiger charge is 2.54. The Bertz CT molecular complexity index is 961. The number of esters is 1. The Kier molecular flexibility index (Phi) is 8.41. The summed E-state index contributed by atoms with van der Waals surface area (Å²) in [6.45, 7) is 3.89. The van der Waals surface area contributed by atoms with Crippen molar-refractivity contribution in [3.05, 3.63) is 23.8 Å².